The van der Waals surface area contributed by atoms with Crippen LogP contribution in [-0.4, -0.2) is 48.9 Å². The van der Waals surface area contributed by atoms with Crippen molar-refractivity contribution < 1.29 is 23.9 Å². The van der Waals surface area contributed by atoms with Crippen LogP contribution in [0.3, 0.4) is 0 Å². The van der Waals surface area contributed by atoms with Crippen molar-refractivity contribution in [1.82, 2.24) is 0 Å². The third-order valence-corrected chi connectivity index (χ3v) is 4.45. The van der Waals surface area contributed by atoms with Crippen LogP contribution in [0.15, 0.2) is 12.2 Å². The lowest BCUT2D eigenvalue weighted by molar-refractivity contribution is -0.917. The van der Waals surface area contributed by atoms with E-state index in [4.69, 9.17) is 9.84 Å². The van der Waals surface area contributed by atoms with Crippen LogP contribution in [0.25, 0.3) is 0 Å². The molecule has 0 saturated heterocycles. The summed E-state index contributed by atoms with van der Waals surface area (Å²) in [5.41, 5.74) is 0. The van der Waals surface area contributed by atoms with Gasteiger partial charge in [0, 0.05) is 12.5 Å². The first kappa shape index (κ1) is 24.6. The van der Waals surface area contributed by atoms with E-state index in [1.165, 1.54) is 57.4 Å². The molecule has 0 saturated carbocycles. The molecule has 0 heterocycles. The van der Waals surface area contributed by atoms with E-state index in [0.717, 1.165) is 12.8 Å². The minimum atomic E-state index is -0.875. The summed E-state index contributed by atoms with van der Waals surface area (Å²) in [5.74, 6) is -1.26. The number of carboxylic acid groups (broad SMARTS) is 1. The Kier molecular flexibility index (Phi) is 14.0. The number of ether oxygens (including phenoxy) is 1. The smallest absolute Gasteiger partial charge is 0.334 e. The number of hydrogen-bond donors (Lipinski definition) is 1. The summed E-state index contributed by atoms with van der Waals surface area (Å²) in [6, 6.07) is 0. The Morgan fingerprint density at radius 1 is 0.962 bits per heavy atom. The Morgan fingerprint density at radius 2 is 1.50 bits per heavy atom. The summed E-state index contributed by atoms with van der Waals surface area (Å²) in [6.07, 6.45) is 15.7. The van der Waals surface area contributed by atoms with Gasteiger partial charge in [0.25, 0.3) is 0 Å². The van der Waals surface area contributed by atoms with E-state index in [-0.39, 0.29) is 12.4 Å². The minimum absolute atomic E-state index is 0.00434. The molecule has 1 N–H and O–H groups in total. The van der Waals surface area contributed by atoms with Gasteiger partial charge in [-0.3, -0.25) is 9.28 Å². The number of carboxylic acids is 1. The Labute approximate surface area is 160 Å². The van der Waals surface area contributed by atoms with Gasteiger partial charge in [-0.05, 0) is 12.8 Å². The Hall–Kier alpha value is -1.36. The summed E-state index contributed by atoms with van der Waals surface area (Å²) in [4.78, 5) is 22.7. The number of nitrogens with zero attached hydrogens (tertiary/aromatic N) is 1. The normalized spacial score (nSPS) is 13.1. The third kappa shape index (κ3) is 14.9. The van der Waals surface area contributed by atoms with Crippen molar-refractivity contribution in [3.63, 3.8) is 0 Å². The second kappa shape index (κ2) is 14.8. The molecule has 26 heavy (non-hydrogen) atoms. The Bertz CT molecular complexity index is 413. The van der Waals surface area contributed by atoms with Crippen LogP contribution in [0, 0.1) is 0 Å². The molecule has 0 fully saturated rings. The highest BCUT2D eigenvalue weighted by molar-refractivity contribution is 5.81. The predicted octanol–water partition coefficient (Wildman–Crippen LogP) is 4.90. The lowest BCUT2D eigenvalue weighted by atomic mass is 10.1. The van der Waals surface area contributed by atoms with Gasteiger partial charge in [-0.15, -0.1) is 0 Å². The molecule has 0 amide bonds. The first-order chi connectivity index (χ1) is 12.3. The van der Waals surface area contributed by atoms with Gasteiger partial charge in [-0.1, -0.05) is 64.4 Å². The highest BCUT2D eigenvalue weighted by Gasteiger charge is 2.27. The van der Waals surface area contributed by atoms with Crippen LogP contribution in [-0.2, 0) is 14.3 Å². The lowest BCUT2D eigenvalue weighted by Gasteiger charge is -2.32. The molecule has 1 atom stereocenters. The van der Waals surface area contributed by atoms with E-state index in [9.17, 15) is 9.59 Å². The molecule has 5 nitrogen and oxygen atoms in total. The summed E-state index contributed by atoms with van der Waals surface area (Å²) in [7, 11) is 5.68. The number of allylic oxidation sites excluding steroid dienone is 1. The maximum atomic E-state index is 11.9. The average Bonchev–Trinajstić information content (AvgIpc) is 2.55. The fraction of sp³-hybridized carbons (Fsp3) is 0.810. The van der Waals surface area contributed by atoms with E-state index in [0.29, 0.717) is 10.9 Å². The number of quaternary nitrogens is 1. The molecule has 0 aliphatic rings. The third-order valence-electron chi connectivity index (χ3n) is 4.45. The molecule has 0 aromatic heterocycles. The van der Waals surface area contributed by atoms with Gasteiger partial charge in [0.1, 0.15) is 0 Å². The van der Waals surface area contributed by atoms with E-state index >= 15 is 0 Å². The first-order valence-corrected chi connectivity index (χ1v) is 10.2. The average molecular weight is 371 g/mol. The second-order valence-corrected chi connectivity index (χ2v) is 7.96. The van der Waals surface area contributed by atoms with Gasteiger partial charge in [-0.25, -0.2) is 4.79 Å². The molecule has 152 valence electrons. The number of esters is 1. The maximum Gasteiger partial charge on any atom is 0.334 e. The van der Waals surface area contributed by atoms with Gasteiger partial charge < -0.3 is 9.84 Å². The fourth-order valence-corrected chi connectivity index (χ4v) is 2.78. The van der Waals surface area contributed by atoms with Gasteiger partial charge in [0.15, 0.2) is 0 Å². The van der Waals surface area contributed by atoms with Crippen LogP contribution in [0.2, 0.25) is 0 Å². The van der Waals surface area contributed by atoms with Gasteiger partial charge in [0.2, 0.25) is 6.23 Å². The quantitative estimate of drug-likeness (QED) is 0.138. The Balaban J connectivity index is 3.87. The van der Waals surface area contributed by atoms with Crippen molar-refractivity contribution in [2.45, 2.75) is 90.2 Å². The van der Waals surface area contributed by atoms with Crippen LogP contribution in [0.1, 0.15) is 84.0 Å². The van der Waals surface area contributed by atoms with E-state index in [1.54, 1.807) is 0 Å². The minimum Gasteiger partial charge on any atom is -0.481 e. The largest absolute Gasteiger partial charge is 0.481 e. The van der Waals surface area contributed by atoms with Crippen LogP contribution in [0.5, 0.6) is 0 Å². The van der Waals surface area contributed by atoms with Gasteiger partial charge in [0.05, 0.1) is 27.6 Å². The van der Waals surface area contributed by atoms with Crippen LogP contribution >= 0.6 is 0 Å². The molecular weight excluding hydrogens is 330 g/mol. The molecule has 0 unspecified atom stereocenters. The van der Waals surface area contributed by atoms with Crippen molar-refractivity contribution in [2.75, 3.05) is 21.1 Å². The van der Waals surface area contributed by atoms with Crippen molar-refractivity contribution in [3.05, 3.63) is 12.2 Å². The van der Waals surface area contributed by atoms with Gasteiger partial charge >= 0.3 is 11.9 Å². The number of unbranched alkanes of at least 4 members (excludes halogenated alkanes) is 9. The molecule has 0 aliphatic heterocycles. The predicted molar refractivity (Wildman–Crippen MR) is 106 cm³/mol. The monoisotopic (exact) mass is 370 g/mol. The highest BCUT2D eigenvalue weighted by atomic mass is 16.6. The SMILES string of the molecule is CCCCCCCCCCC/C=C/C(=O)O[C@@H](CCC(=O)O)[N+](C)(C)C. The summed E-state index contributed by atoms with van der Waals surface area (Å²) in [5, 5.41) is 8.82. The standard InChI is InChI=1S/C21H39NO4/c1-5-6-7-8-9-10-11-12-13-14-15-16-21(25)26-19(22(2,3)4)17-18-20(23)24/h15-16,19H,5-14,17-18H2,1-4H3/p+1/b16-15+/t19-/m0/s1. The second-order valence-electron chi connectivity index (χ2n) is 7.96. The van der Waals surface area contributed by atoms with Crippen molar-refractivity contribution in [2.24, 2.45) is 0 Å². The zero-order valence-electron chi connectivity index (χ0n) is 17.3. The van der Waals surface area contributed by atoms with E-state index in [2.05, 4.69) is 6.92 Å². The number of carbonyl (C=O) groups excluding carboxylic acids is 1. The van der Waals surface area contributed by atoms with Crippen LogP contribution in [0.4, 0.5) is 0 Å². The zero-order valence-corrected chi connectivity index (χ0v) is 17.3. The topological polar surface area (TPSA) is 63.6 Å². The number of aliphatic carboxylic acids is 1. The van der Waals surface area contributed by atoms with E-state index in [1.807, 2.05) is 27.2 Å². The van der Waals surface area contributed by atoms with Crippen LogP contribution < -0.4 is 0 Å². The maximum absolute atomic E-state index is 11.9. The summed E-state index contributed by atoms with van der Waals surface area (Å²) in [6.45, 7) is 2.24. The number of rotatable bonds is 16. The molecule has 0 spiro atoms. The molecular formula is C21H40NO4+. The summed E-state index contributed by atoms with van der Waals surface area (Å²) >= 11 is 0. The summed E-state index contributed by atoms with van der Waals surface area (Å²) < 4.78 is 5.83. The zero-order chi connectivity index (χ0) is 19.8. The molecule has 0 aliphatic carbocycles. The molecule has 0 bridgehead atoms. The molecule has 0 radical (unpaired) electrons. The fourth-order valence-electron chi connectivity index (χ4n) is 2.78. The Morgan fingerprint density at radius 3 is 2.00 bits per heavy atom. The van der Waals surface area contributed by atoms with Crippen molar-refractivity contribution in [3.8, 4) is 0 Å². The van der Waals surface area contributed by atoms with Crippen molar-refractivity contribution >= 4 is 11.9 Å². The molecule has 5 heteroatoms. The van der Waals surface area contributed by atoms with E-state index < -0.39 is 12.2 Å². The first-order valence-electron chi connectivity index (χ1n) is 10.2. The number of carbonyl (C=O) groups is 2. The molecule has 0 rings (SSSR count). The lowest BCUT2D eigenvalue weighted by Crippen LogP contribution is -2.47. The molecule has 0 aromatic rings. The highest BCUT2D eigenvalue weighted by Crippen LogP contribution is 2.13. The molecule has 0 aromatic carbocycles. The van der Waals surface area contributed by atoms with Crippen molar-refractivity contribution in [1.29, 1.82) is 0 Å². The van der Waals surface area contributed by atoms with Gasteiger partial charge in [-0.2, -0.15) is 0 Å². The number of hydrogen-bond acceptors (Lipinski definition) is 3.